The number of halogens is 3. The summed E-state index contributed by atoms with van der Waals surface area (Å²) in [5.41, 5.74) is 0.107. The van der Waals surface area contributed by atoms with Gasteiger partial charge in [-0.1, -0.05) is 37.6 Å². The maximum atomic E-state index is 12.2. The van der Waals surface area contributed by atoms with E-state index >= 15 is 0 Å². The summed E-state index contributed by atoms with van der Waals surface area (Å²) in [5.74, 6) is -0.705. The Hall–Kier alpha value is -0.810. The van der Waals surface area contributed by atoms with E-state index in [1.807, 2.05) is 13.8 Å². The van der Waals surface area contributed by atoms with Gasteiger partial charge < -0.3 is 0 Å². The second-order valence-corrected chi connectivity index (χ2v) is 5.39. The molecule has 1 rings (SSSR count). The summed E-state index contributed by atoms with van der Waals surface area (Å²) in [5, 5.41) is -1.82. The van der Waals surface area contributed by atoms with Gasteiger partial charge in [-0.25, -0.2) is 4.84 Å². The average Bonchev–Trinajstić information content (AvgIpc) is 2.46. The van der Waals surface area contributed by atoms with Crippen molar-refractivity contribution in [3.63, 3.8) is 0 Å². The van der Waals surface area contributed by atoms with Gasteiger partial charge in [0, 0.05) is 17.3 Å². The molecular weight excluding hydrogens is 325 g/mol. The smallest absolute Gasteiger partial charge is 0.276 e. The van der Waals surface area contributed by atoms with Crippen molar-refractivity contribution in [1.82, 2.24) is 4.58 Å². The lowest BCUT2D eigenvalue weighted by molar-refractivity contribution is -0.130. The summed E-state index contributed by atoms with van der Waals surface area (Å²) in [7, 11) is 0. The molecule has 0 fully saturated rings. The highest BCUT2D eigenvalue weighted by molar-refractivity contribution is 6.68. The first kappa shape index (κ1) is 17.2. The summed E-state index contributed by atoms with van der Waals surface area (Å²) in [6.45, 7) is 3.61. The molecule has 0 bridgehead atoms. The van der Waals surface area contributed by atoms with Crippen molar-refractivity contribution < 1.29 is 14.4 Å². The van der Waals surface area contributed by atoms with Gasteiger partial charge in [0.15, 0.2) is 5.06 Å². The molecule has 0 radical (unpaired) electrons. The molecule has 0 aromatic heterocycles. The van der Waals surface area contributed by atoms with E-state index in [0.29, 0.717) is 17.4 Å². The maximum Gasteiger partial charge on any atom is 0.293 e. The van der Waals surface area contributed by atoms with Gasteiger partial charge in [-0.05, 0) is 36.6 Å². The van der Waals surface area contributed by atoms with E-state index in [-0.39, 0.29) is 11.1 Å². The van der Waals surface area contributed by atoms with E-state index in [2.05, 4.69) is 0 Å². The van der Waals surface area contributed by atoms with Crippen LogP contribution in [0.4, 0.5) is 0 Å². The number of carbonyl (C=O) groups is 2. The fourth-order valence-electron chi connectivity index (χ4n) is 1.50. The number of carbonyl (C=O) groups excluding carboxylic acids is 2. The van der Waals surface area contributed by atoms with E-state index in [4.69, 9.17) is 39.8 Å². The lowest BCUT2D eigenvalue weighted by Crippen LogP contribution is -2.34. The molecule has 0 aliphatic heterocycles. The number of rotatable bonds is 6. The Kier molecular flexibility index (Phi) is 6.27. The minimum atomic E-state index is -1.07. The summed E-state index contributed by atoms with van der Waals surface area (Å²) >= 11 is 17.4. The molecule has 1 aromatic rings. The van der Waals surface area contributed by atoms with Crippen LogP contribution in [0.15, 0.2) is 24.3 Å². The summed E-state index contributed by atoms with van der Waals surface area (Å²) < 4.78 is 0.513. The monoisotopic (exact) mass is 337 g/mol. The van der Waals surface area contributed by atoms with Crippen LogP contribution in [0.2, 0.25) is 0 Å². The van der Waals surface area contributed by atoms with Crippen LogP contribution in [0.5, 0.6) is 0 Å². The number of hydrogen-bond acceptors (Lipinski definition) is 3. The van der Waals surface area contributed by atoms with Crippen molar-refractivity contribution in [1.29, 1.82) is 0 Å². The lowest BCUT2D eigenvalue weighted by Gasteiger charge is -2.27. The first-order chi connectivity index (χ1) is 9.34. The van der Waals surface area contributed by atoms with E-state index in [1.165, 1.54) is 12.1 Å². The van der Waals surface area contributed by atoms with Gasteiger partial charge in [0.2, 0.25) is 0 Å². The molecule has 7 heteroatoms. The normalized spacial score (nSPS) is 11.2. The van der Waals surface area contributed by atoms with Gasteiger partial charge in [-0.2, -0.15) is 0 Å². The minimum absolute atomic E-state index is 0.0497. The SMILES string of the molecule is CCC(Cl)(CC)ON(Cl)C(=O)c1ccccc1C(=O)Cl. The van der Waals surface area contributed by atoms with Crippen molar-refractivity contribution in [3.8, 4) is 0 Å². The molecule has 0 saturated heterocycles. The molecular formula is C13H14Cl3NO3. The standard InChI is InChI=1S/C13H14Cl3NO3/c1-3-13(15,4-2)20-17(16)12(19)10-8-6-5-7-9(10)11(14)18/h5-8H,3-4H2,1-2H3. The largest absolute Gasteiger partial charge is 0.293 e. The van der Waals surface area contributed by atoms with Crippen LogP contribution in [0, 0.1) is 0 Å². The Labute approximate surface area is 132 Å². The number of hydroxylamine groups is 1. The Morgan fingerprint density at radius 3 is 2.15 bits per heavy atom. The van der Waals surface area contributed by atoms with Crippen molar-refractivity contribution in [2.75, 3.05) is 0 Å². The topological polar surface area (TPSA) is 46.6 Å². The number of amides is 1. The zero-order valence-corrected chi connectivity index (χ0v) is 13.3. The van der Waals surface area contributed by atoms with Crippen LogP contribution < -0.4 is 0 Å². The molecule has 0 heterocycles. The second-order valence-electron chi connectivity index (χ2n) is 4.05. The Morgan fingerprint density at radius 1 is 1.20 bits per heavy atom. The van der Waals surface area contributed by atoms with E-state index < -0.39 is 16.2 Å². The van der Waals surface area contributed by atoms with Crippen molar-refractivity contribution >= 4 is 46.1 Å². The number of nitrogens with zero attached hydrogens (tertiary/aromatic N) is 1. The van der Waals surface area contributed by atoms with E-state index in [0.717, 1.165) is 0 Å². The Balaban J connectivity index is 2.98. The van der Waals surface area contributed by atoms with Gasteiger partial charge in [-0.3, -0.25) is 9.59 Å². The van der Waals surface area contributed by atoms with E-state index in [1.54, 1.807) is 12.1 Å². The highest BCUT2D eigenvalue weighted by Crippen LogP contribution is 2.28. The highest BCUT2D eigenvalue weighted by Gasteiger charge is 2.31. The predicted octanol–water partition coefficient (Wildman–Crippen LogP) is 4.35. The van der Waals surface area contributed by atoms with Gasteiger partial charge >= 0.3 is 0 Å². The van der Waals surface area contributed by atoms with E-state index in [9.17, 15) is 9.59 Å². The average molecular weight is 339 g/mol. The molecule has 0 spiro atoms. The van der Waals surface area contributed by atoms with Gasteiger partial charge in [0.25, 0.3) is 11.1 Å². The molecule has 0 N–H and O–H groups in total. The van der Waals surface area contributed by atoms with Crippen LogP contribution >= 0.6 is 35.0 Å². The molecule has 0 aliphatic carbocycles. The lowest BCUT2D eigenvalue weighted by atomic mass is 10.1. The summed E-state index contributed by atoms with van der Waals surface area (Å²) in [4.78, 5) is 28.7. The van der Waals surface area contributed by atoms with Crippen LogP contribution in [0.3, 0.4) is 0 Å². The minimum Gasteiger partial charge on any atom is -0.276 e. The van der Waals surface area contributed by atoms with Crippen molar-refractivity contribution in [2.45, 2.75) is 31.7 Å². The molecule has 0 unspecified atom stereocenters. The van der Waals surface area contributed by atoms with Gasteiger partial charge in [-0.15, -0.1) is 4.58 Å². The second kappa shape index (κ2) is 7.27. The number of hydrogen-bond donors (Lipinski definition) is 0. The van der Waals surface area contributed by atoms with Crippen LogP contribution in [-0.4, -0.2) is 20.8 Å². The zero-order chi connectivity index (χ0) is 15.3. The van der Waals surface area contributed by atoms with Crippen molar-refractivity contribution in [3.05, 3.63) is 35.4 Å². The summed E-state index contributed by atoms with van der Waals surface area (Å²) in [6, 6.07) is 6.05. The molecule has 1 aromatic carbocycles. The number of benzene rings is 1. The highest BCUT2D eigenvalue weighted by atomic mass is 35.5. The molecule has 4 nitrogen and oxygen atoms in total. The zero-order valence-electron chi connectivity index (χ0n) is 11.0. The quantitative estimate of drug-likeness (QED) is 0.335. The number of alkyl halides is 1. The summed E-state index contributed by atoms with van der Waals surface area (Å²) in [6.07, 6.45) is 0.912. The molecule has 0 saturated carbocycles. The third kappa shape index (κ3) is 4.09. The van der Waals surface area contributed by atoms with Crippen LogP contribution in [-0.2, 0) is 4.84 Å². The molecule has 110 valence electrons. The third-order valence-corrected chi connectivity index (χ3v) is 3.86. The molecule has 0 aliphatic rings. The van der Waals surface area contributed by atoms with Gasteiger partial charge in [0.1, 0.15) is 0 Å². The first-order valence-corrected chi connectivity index (χ1v) is 7.11. The van der Waals surface area contributed by atoms with Crippen molar-refractivity contribution in [2.24, 2.45) is 0 Å². The maximum absolute atomic E-state index is 12.2. The molecule has 20 heavy (non-hydrogen) atoms. The Morgan fingerprint density at radius 2 is 1.70 bits per heavy atom. The third-order valence-electron chi connectivity index (χ3n) is 2.83. The predicted molar refractivity (Wildman–Crippen MR) is 78.9 cm³/mol. The molecule has 1 amide bonds. The van der Waals surface area contributed by atoms with Crippen LogP contribution in [0.1, 0.15) is 47.4 Å². The fourth-order valence-corrected chi connectivity index (χ4v) is 1.99. The van der Waals surface area contributed by atoms with Gasteiger partial charge in [0.05, 0.1) is 5.56 Å². The van der Waals surface area contributed by atoms with Crippen LogP contribution in [0.25, 0.3) is 0 Å². The fraction of sp³-hybridized carbons (Fsp3) is 0.385. The Bertz CT molecular complexity index is 503. The first-order valence-electron chi connectivity index (χ1n) is 6.01. The molecule has 0 atom stereocenters.